The first-order valence-electron chi connectivity index (χ1n) is 17.0. The molecule has 3 heterocycles. The minimum atomic E-state index is 0.762. The minimum absolute atomic E-state index is 0.762. The van der Waals surface area contributed by atoms with E-state index in [1.165, 1.54) is 44.2 Å². The van der Waals surface area contributed by atoms with Crippen LogP contribution < -0.4 is 4.74 Å². The molecule has 0 radical (unpaired) electrons. The van der Waals surface area contributed by atoms with Crippen molar-refractivity contribution < 1.29 is 4.74 Å². The molecule has 5 nitrogen and oxygen atoms in total. The number of pyridine rings is 1. The van der Waals surface area contributed by atoms with Crippen molar-refractivity contribution in [3.8, 4) is 34.1 Å². The van der Waals surface area contributed by atoms with Gasteiger partial charge >= 0.3 is 0 Å². The number of nitrogens with zero attached hydrogens (tertiary/aromatic N) is 4. The van der Waals surface area contributed by atoms with Crippen molar-refractivity contribution in [2.45, 2.75) is 66.2 Å². The van der Waals surface area contributed by atoms with Gasteiger partial charge in [-0.05, 0) is 96.5 Å². The lowest BCUT2D eigenvalue weighted by Gasteiger charge is -2.16. The Hall–Kier alpha value is -5.16. The Bertz CT molecular complexity index is 2160. The van der Waals surface area contributed by atoms with Gasteiger partial charge in [0.15, 0.2) is 0 Å². The molecule has 47 heavy (non-hydrogen) atoms. The van der Waals surface area contributed by atoms with Gasteiger partial charge in [0, 0.05) is 40.9 Å². The zero-order valence-electron chi connectivity index (χ0n) is 27.8. The van der Waals surface area contributed by atoms with Crippen molar-refractivity contribution in [1.29, 1.82) is 0 Å². The molecule has 3 aromatic heterocycles. The number of benzene rings is 4. The largest absolute Gasteiger partial charge is 0.457 e. The lowest BCUT2D eigenvalue weighted by atomic mass is 9.88. The summed E-state index contributed by atoms with van der Waals surface area (Å²) in [5.41, 5.74) is 11.2. The van der Waals surface area contributed by atoms with Crippen LogP contribution in [0.2, 0.25) is 0 Å². The standard InChI is InChI=1S/C42H42N4O/c1-5-11-30-23-31(12-6-2)42(32(24-30)13-7-3)33-27-44-45(28-33)34-14-10-15-35(25-34)47-36-18-19-38-37-16-8-9-17-39(37)46(40(38)26-36)41-22-29(4)20-21-43-41/h8-10,14-28H,5-7,11-13H2,1-4H3. The molecule has 0 saturated heterocycles. The van der Waals surface area contributed by atoms with Gasteiger partial charge in [0.25, 0.3) is 0 Å². The fraction of sp³-hybridized carbons (Fsp3) is 0.238. The highest BCUT2D eigenvalue weighted by molar-refractivity contribution is 6.09. The van der Waals surface area contributed by atoms with Crippen LogP contribution in [-0.2, 0) is 19.3 Å². The normalized spacial score (nSPS) is 11.5. The van der Waals surface area contributed by atoms with Crippen molar-refractivity contribution in [3.05, 3.63) is 132 Å². The van der Waals surface area contributed by atoms with Crippen LogP contribution in [-0.4, -0.2) is 19.3 Å². The molecule has 236 valence electrons. The summed E-state index contributed by atoms with van der Waals surface area (Å²) < 4.78 is 10.7. The van der Waals surface area contributed by atoms with Crippen molar-refractivity contribution in [3.63, 3.8) is 0 Å². The molecule has 0 bridgehead atoms. The fourth-order valence-electron chi connectivity index (χ4n) is 6.90. The molecule has 0 unspecified atom stereocenters. The van der Waals surface area contributed by atoms with Crippen LogP contribution in [0.1, 0.15) is 62.3 Å². The van der Waals surface area contributed by atoms with Gasteiger partial charge < -0.3 is 4.74 Å². The smallest absolute Gasteiger partial charge is 0.137 e. The Labute approximate surface area is 277 Å². The van der Waals surface area contributed by atoms with Gasteiger partial charge in [0.2, 0.25) is 0 Å². The third kappa shape index (κ3) is 6.06. The first-order chi connectivity index (χ1) is 23.1. The van der Waals surface area contributed by atoms with Crippen LogP contribution in [0.4, 0.5) is 0 Å². The molecule has 0 fully saturated rings. The second-order valence-corrected chi connectivity index (χ2v) is 12.5. The van der Waals surface area contributed by atoms with E-state index in [9.17, 15) is 0 Å². The van der Waals surface area contributed by atoms with E-state index in [1.807, 2.05) is 41.3 Å². The van der Waals surface area contributed by atoms with E-state index in [2.05, 4.69) is 105 Å². The second-order valence-electron chi connectivity index (χ2n) is 12.5. The van der Waals surface area contributed by atoms with Gasteiger partial charge in [-0.2, -0.15) is 5.10 Å². The summed E-state index contributed by atoms with van der Waals surface area (Å²) >= 11 is 0. The lowest BCUT2D eigenvalue weighted by molar-refractivity contribution is 0.483. The molecule has 7 aromatic rings. The van der Waals surface area contributed by atoms with Gasteiger partial charge in [0.1, 0.15) is 17.3 Å². The van der Waals surface area contributed by atoms with Crippen LogP contribution in [0, 0.1) is 6.92 Å². The quantitative estimate of drug-likeness (QED) is 0.145. The predicted molar refractivity (Wildman–Crippen MR) is 194 cm³/mol. The molecule has 0 aliphatic heterocycles. The summed E-state index contributed by atoms with van der Waals surface area (Å²) in [6.07, 6.45) is 12.7. The van der Waals surface area contributed by atoms with Gasteiger partial charge in [-0.3, -0.25) is 4.57 Å². The Balaban J connectivity index is 1.23. The van der Waals surface area contributed by atoms with Crippen LogP contribution in [0.3, 0.4) is 0 Å². The molecule has 0 spiro atoms. The number of hydrogen-bond acceptors (Lipinski definition) is 3. The van der Waals surface area contributed by atoms with Crippen molar-refractivity contribution in [2.24, 2.45) is 0 Å². The van der Waals surface area contributed by atoms with E-state index in [0.717, 1.165) is 72.6 Å². The van der Waals surface area contributed by atoms with E-state index in [1.54, 1.807) is 0 Å². The van der Waals surface area contributed by atoms with Crippen molar-refractivity contribution >= 4 is 21.8 Å². The molecular weight excluding hydrogens is 576 g/mol. The summed E-state index contributed by atoms with van der Waals surface area (Å²) in [5.74, 6) is 2.43. The van der Waals surface area contributed by atoms with Crippen LogP contribution >= 0.6 is 0 Å². The lowest BCUT2D eigenvalue weighted by Crippen LogP contribution is -2.00. The zero-order chi connectivity index (χ0) is 32.3. The maximum Gasteiger partial charge on any atom is 0.137 e. The zero-order valence-corrected chi connectivity index (χ0v) is 27.8. The van der Waals surface area contributed by atoms with Crippen LogP contribution in [0.25, 0.3) is 44.4 Å². The summed E-state index contributed by atoms with van der Waals surface area (Å²) in [7, 11) is 0. The monoisotopic (exact) mass is 618 g/mol. The predicted octanol–water partition coefficient (Wildman–Crippen LogP) is 11.0. The number of aryl methyl sites for hydroxylation is 4. The molecule has 7 rings (SSSR count). The minimum Gasteiger partial charge on any atom is -0.457 e. The first kappa shape index (κ1) is 30.5. The molecule has 0 saturated carbocycles. The molecule has 0 N–H and O–H groups in total. The number of para-hydroxylation sites is 1. The van der Waals surface area contributed by atoms with Crippen molar-refractivity contribution in [2.75, 3.05) is 0 Å². The summed E-state index contributed by atoms with van der Waals surface area (Å²) in [6.45, 7) is 8.89. The average molecular weight is 619 g/mol. The molecule has 4 aromatic carbocycles. The molecule has 0 aliphatic rings. The van der Waals surface area contributed by atoms with Gasteiger partial charge in [-0.1, -0.05) is 76.4 Å². The Morgan fingerprint density at radius 3 is 2.19 bits per heavy atom. The molecule has 0 atom stereocenters. The first-order valence-corrected chi connectivity index (χ1v) is 17.0. The number of ether oxygens (including phenoxy) is 1. The van der Waals surface area contributed by atoms with Crippen molar-refractivity contribution in [1.82, 2.24) is 19.3 Å². The maximum atomic E-state index is 6.51. The van der Waals surface area contributed by atoms with Crippen LogP contribution in [0.15, 0.2) is 110 Å². The molecule has 0 amide bonds. The third-order valence-electron chi connectivity index (χ3n) is 8.90. The molecule has 0 aliphatic carbocycles. The van der Waals surface area contributed by atoms with E-state index >= 15 is 0 Å². The van der Waals surface area contributed by atoms with Gasteiger partial charge in [-0.15, -0.1) is 0 Å². The number of fused-ring (bicyclic) bond motifs is 3. The maximum absolute atomic E-state index is 6.51. The highest BCUT2D eigenvalue weighted by atomic mass is 16.5. The van der Waals surface area contributed by atoms with Crippen LogP contribution in [0.5, 0.6) is 11.5 Å². The average Bonchev–Trinajstić information content (AvgIpc) is 3.68. The van der Waals surface area contributed by atoms with E-state index in [4.69, 9.17) is 14.8 Å². The SMILES string of the molecule is CCCc1cc(CCC)c(-c2cnn(-c3cccc(Oc4ccc5c6ccccc6n(-c6cc(C)ccn6)c5c4)c3)c2)c(CCC)c1. The summed E-state index contributed by atoms with van der Waals surface area (Å²) in [5, 5.41) is 7.20. The Morgan fingerprint density at radius 1 is 0.681 bits per heavy atom. The number of aromatic nitrogens is 4. The molecular formula is C42H42N4O. The van der Waals surface area contributed by atoms with E-state index < -0.39 is 0 Å². The second kappa shape index (κ2) is 13.3. The topological polar surface area (TPSA) is 44.9 Å². The van der Waals surface area contributed by atoms with E-state index in [0.29, 0.717) is 0 Å². The van der Waals surface area contributed by atoms with E-state index in [-0.39, 0.29) is 0 Å². The Kier molecular flexibility index (Phi) is 8.62. The highest BCUT2D eigenvalue weighted by Gasteiger charge is 2.16. The number of hydrogen-bond donors (Lipinski definition) is 0. The Morgan fingerprint density at radius 2 is 1.43 bits per heavy atom. The number of rotatable bonds is 11. The third-order valence-corrected chi connectivity index (χ3v) is 8.90. The summed E-state index contributed by atoms with van der Waals surface area (Å²) in [6, 6.07) is 32.0. The fourth-order valence-corrected chi connectivity index (χ4v) is 6.90. The summed E-state index contributed by atoms with van der Waals surface area (Å²) in [4.78, 5) is 4.72. The molecule has 5 heteroatoms. The highest BCUT2D eigenvalue weighted by Crippen LogP contribution is 2.36. The van der Waals surface area contributed by atoms with Gasteiger partial charge in [0.05, 0.1) is 22.9 Å². The van der Waals surface area contributed by atoms with Gasteiger partial charge in [-0.25, -0.2) is 9.67 Å².